The molecule has 10 nitrogen and oxygen atoms in total. The fraction of sp³-hybridized carbons (Fsp3) is 0.571. The summed E-state index contributed by atoms with van der Waals surface area (Å²) >= 11 is 12.4. The lowest BCUT2D eigenvalue weighted by atomic mass is 9.92. The minimum atomic E-state index is -0.801. The number of benzene rings is 1. The highest BCUT2D eigenvalue weighted by Crippen LogP contribution is 2.39. The van der Waals surface area contributed by atoms with Crippen LogP contribution < -0.4 is 10.6 Å². The van der Waals surface area contributed by atoms with Crippen LogP contribution in [0.25, 0.3) is 11.3 Å². The number of phenols is 1. The zero-order chi connectivity index (χ0) is 29.8. The number of aryl methyl sites for hydroxylation is 1. The number of hydrogen-bond donors (Lipinski definition) is 3. The number of piperidine rings is 1. The minimum absolute atomic E-state index is 0.0847. The Morgan fingerprint density at radius 2 is 1.80 bits per heavy atom. The summed E-state index contributed by atoms with van der Waals surface area (Å²) in [7, 11) is 1.86. The van der Waals surface area contributed by atoms with E-state index in [1.807, 2.05) is 27.0 Å². The molecule has 1 saturated heterocycles. The Morgan fingerprint density at radius 3 is 2.40 bits per heavy atom. The quantitative estimate of drug-likeness (QED) is 0.400. The van der Waals surface area contributed by atoms with Gasteiger partial charge in [0.15, 0.2) is 0 Å². The number of carbonyl (C=O) groups excluding carboxylic acids is 3. The first kappa shape index (κ1) is 31.5. The Kier molecular flexibility index (Phi) is 10.3. The lowest BCUT2D eigenvalue weighted by Gasteiger charge is -2.32. The predicted octanol–water partition coefficient (Wildman–Crippen LogP) is 4.86. The van der Waals surface area contributed by atoms with Gasteiger partial charge in [0.25, 0.3) is 0 Å². The van der Waals surface area contributed by atoms with Gasteiger partial charge in [-0.3, -0.25) is 14.3 Å². The number of aromatic hydroxyl groups is 1. The van der Waals surface area contributed by atoms with Crippen molar-refractivity contribution in [3.05, 3.63) is 33.9 Å². The van der Waals surface area contributed by atoms with Gasteiger partial charge in [-0.2, -0.15) is 5.10 Å². The van der Waals surface area contributed by atoms with E-state index < -0.39 is 23.6 Å². The summed E-state index contributed by atoms with van der Waals surface area (Å²) in [4.78, 5) is 39.7. The smallest absolute Gasteiger partial charge is 0.408 e. The van der Waals surface area contributed by atoms with Gasteiger partial charge in [-0.15, -0.1) is 0 Å². The molecule has 1 aliphatic rings. The van der Waals surface area contributed by atoms with Gasteiger partial charge in [-0.1, -0.05) is 37.0 Å². The number of ether oxygens (including phenoxy) is 1. The number of hydrogen-bond acceptors (Lipinski definition) is 6. The Morgan fingerprint density at radius 1 is 1.15 bits per heavy atom. The average Bonchev–Trinajstić information content (AvgIpc) is 3.25. The molecule has 2 aromatic rings. The van der Waals surface area contributed by atoms with Crippen LogP contribution in [0, 0.1) is 5.92 Å². The van der Waals surface area contributed by atoms with Crippen LogP contribution in [0.2, 0.25) is 10.0 Å². The number of alkyl carbamates (subject to hydrolysis) is 1. The van der Waals surface area contributed by atoms with Gasteiger partial charge in [0.05, 0.1) is 17.3 Å². The zero-order valence-corrected chi connectivity index (χ0v) is 25.4. The summed E-state index contributed by atoms with van der Waals surface area (Å²) in [6, 6.07) is 4.33. The summed E-state index contributed by atoms with van der Waals surface area (Å²) < 4.78 is 7.09. The number of amides is 3. The maximum Gasteiger partial charge on any atom is 0.408 e. The third-order valence-corrected chi connectivity index (χ3v) is 7.52. The monoisotopic (exact) mass is 595 g/mol. The van der Waals surface area contributed by atoms with E-state index in [0.717, 1.165) is 18.5 Å². The summed E-state index contributed by atoms with van der Waals surface area (Å²) in [5.41, 5.74) is 1.61. The molecule has 3 amide bonds. The molecule has 2 heterocycles. The van der Waals surface area contributed by atoms with Crippen molar-refractivity contribution in [2.24, 2.45) is 13.0 Å². The Hall–Kier alpha value is -2.98. The third-order valence-electron chi connectivity index (χ3n) is 6.65. The second kappa shape index (κ2) is 13.1. The van der Waals surface area contributed by atoms with Crippen LogP contribution in [0.5, 0.6) is 5.75 Å². The SMILES string of the molecule is CC(C)C[C@@H](NC(=O)OC(C)(C)C)C(=O)NCC(=O)N1CCC(c2cc(-c3ccc(O)c(Cl)c3Cl)nn2C)CC1. The highest BCUT2D eigenvalue weighted by molar-refractivity contribution is 6.44. The van der Waals surface area contributed by atoms with Crippen LogP contribution in [0.1, 0.15) is 65.5 Å². The molecule has 0 saturated carbocycles. The number of nitrogens with zero attached hydrogens (tertiary/aromatic N) is 3. The van der Waals surface area contributed by atoms with Crippen molar-refractivity contribution in [2.45, 2.75) is 71.4 Å². The molecule has 12 heteroatoms. The van der Waals surface area contributed by atoms with Gasteiger partial charge in [0, 0.05) is 37.3 Å². The van der Waals surface area contributed by atoms with E-state index in [-0.39, 0.29) is 40.1 Å². The number of rotatable bonds is 8. The first-order chi connectivity index (χ1) is 18.7. The number of carbonyl (C=O) groups is 3. The van der Waals surface area contributed by atoms with Crippen molar-refractivity contribution in [2.75, 3.05) is 19.6 Å². The lowest BCUT2D eigenvalue weighted by molar-refractivity contribution is -0.134. The topological polar surface area (TPSA) is 126 Å². The first-order valence-corrected chi connectivity index (χ1v) is 14.2. The predicted molar refractivity (Wildman–Crippen MR) is 155 cm³/mol. The molecule has 1 aromatic heterocycles. The summed E-state index contributed by atoms with van der Waals surface area (Å²) in [5.74, 6) is -0.351. The number of phenolic OH excluding ortho intramolecular Hbond substituents is 1. The average molecular weight is 597 g/mol. The van der Waals surface area contributed by atoms with Gasteiger partial charge in [0.1, 0.15) is 22.4 Å². The van der Waals surface area contributed by atoms with Gasteiger partial charge in [0.2, 0.25) is 11.8 Å². The first-order valence-electron chi connectivity index (χ1n) is 13.4. The molecule has 3 rings (SSSR count). The highest BCUT2D eigenvalue weighted by Gasteiger charge is 2.29. The van der Waals surface area contributed by atoms with E-state index in [9.17, 15) is 19.5 Å². The molecule has 40 heavy (non-hydrogen) atoms. The fourth-order valence-corrected chi connectivity index (χ4v) is 5.13. The Balaban J connectivity index is 1.55. The largest absolute Gasteiger partial charge is 0.506 e. The van der Waals surface area contributed by atoms with Crippen LogP contribution in [0.3, 0.4) is 0 Å². The van der Waals surface area contributed by atoms with Crippen molar-refractivity contribution in [3.8, 4) is 17.0 Å². The van der Waals surface area contributed by atoms with E-state index in [1.165, 1.54) is 6.07 Å². The van der Waals surface area contributed by atoms with Crippen LogP contribution in [-0.2, 0) is 21.4 Å². The molecule has 0 bridgehead atoms. The molecule has 220 valence electrons. The molecule has 0 spiro atoms. The molecular formula is C28H39Cl2N5O5. The third kappa shape index (κ3) is 8.27. The minimum Gasteiger partial charge on any atom is -0.506 e. The van der Waals surface area contributed by atoms with Crippen LogP contribution in [0.4, 0.5) is 4.79 Å². The zero-order valence-electron chi connectivity index (χ0n) is 23.9. The fourth-order valence-electron chi connectivity index (χ4n) is 4.71. The summed E-state index contributed by atoms with van der Waals surface area (Å²) in [6.45, 7) is 10.1. The molecule has 0 radical (unpaired) electrons. The molecule has 0 unspecified atom stereocenters. The second-order valence-corrected chi connectivity index (χ2v) is 12.3. The van der Waals surface area contributed by atoms with Crippen molar-refractivity contribution in [1.82, 2.24) is 25.3 Å². The van der Waals surface area contributed by atoms with Crippen LogP contribution in [-0.4, -0.2) is 69.0 Å². The molecule has 1 aliphatic heterocycles. The molecule has 3 N–H and O–H groups in total. The number of halogens is 2. The van der Waals surface area contributed by atoms with E-state index >= 15 is 0 Å². The summed E-state index contributed by atoms with van der Waals surface area (Å²) in [6.07, 6.45) is 1.22. The molecule has 1 atom stereocenters. The highest BCUT2D eigenvalue weighted by atomic mass is 35.5. The molecule has 1 fully saturated rings. The summed E-state index contributed by atoms with van der Waals surface area (Å²) in [5, 5.41) is 20.0. The van der Waals surface area contributed by atoms with E-state index in [2.05, 4.69) is 15.7 Å². The van der Waals surface area contributed by atoms with Crippen molar-refractivity contribution < 1.29 is 24.2 Å². The standard InChI is InChI=1S/C28H39Cl2N5O5/c1-16(2)13-20(32-27(39)40-28(3,4)5)26(38)31-15-23(37)35-11-9-17(10-12-35)21-14-19(33-34(21)6)18-7-8-22(36)25(30)24(18)29/h7-8,14,16-17,20,36H,9-13,15H2,1-6H3,(H,31,38)(H,32,39)/t20-/m1/s1. The number of likely N-dealkylation sites (tertiary alicyclic amines) is 1. The second-order valence-electron chi connectivity index (χ2n) is 11.5. The van der Waals surface area contributed by atoms with E-state index in [0.29, 0.717) is 30.8 Å². The van der Waals surface area contributed by atoms with Crippen molar-refractivity contribution in [1.29, 1.82) is 0 Å². The van der Waals surface area contributed by atoms with Gasteiger partial charge >= 0.3 is 6.09 Å². The normalized spacial score (nSPS) is 15.2. The number of nitrogens with one attached hydrogen (secondary N) is 2. The van der Waals surface area contributed by atoms with Gasteiger partial charge < -0.3 is 25.4 Å². The van der Waals surface area contributed by atoms with Crippen molar-refractivity contribution in [3.63, 3.8) is 0 Å². The van der Waals surface area contributed by atoms with Crippen molar-refractivity contribution >= 4 is 41.1 Å². The van der Waals surface area contributed by atoms with Gasteiger partial charge in [-0.25, -0.2) is 4.79 Å². The lowest BCUT2D eigenvalue weighted by Crippen LogP contribution is -2.51. The maximum absolute atomic E-state index is 12.9. The van der Waals surface area contributed by atoms with E-state index in [4.69, 9.17) is 27.9 Å². The Labute approximate surface area is 245 Å². The van der Waals surface area contributed by atoms with Crippen LogP contribution >= 0.6 is 23.2 Å². The van der Waals surface area contributed by atoms with Gasteiger partial charge in [-0.05, 0) is 64.2 Å². The molecule has 1 aromatic carbocycles. The van der Waals surface area contributed by atoms with Crippen LogP contribution in [0.15, 0.2) is 18.2 Å². The number of aromatic nitrogens is 2. The van der Waals surface area contributed by atoms with E-state index in [1.54, 1.807) is 36.4 Å². The maximum atomic E-state index is 12.9. The molecule has 0 aliphatic carbocycles. The molecular weight excluding hydrogens is 557 g/mol. The Bertz CT molecular complexity index is 1230.